The summed E-state index contributed by atoms with van der Waals surface area (Å²) in [6, 6.07) is 17.1. The van der Waals surface area contributed by atoms with Gasteiger partial charge in [-0.2, -0.15) is 0 Å². The summed E-state index contributed by atoms with van der Waals surface area (Å²) < 4.78 is 17.2. The van der Waals surface area contributed by atoms with Crippen LogP contribution in [0, 0.1) is 6.92 Å². The van der Waals surface area contributed by atoms with Crippen LogP contribution in [0.5, 0.6) is 11.5 Å². The van der Waals surface area contributed by atoms with Gasteiger partial charge in [-0.05, 0) is 67.9 Å². The van der Waals surface area contributed by atoms with Crippen LogP contribution in [0.15, 0.2) is 69.9 Å². The first-order valence-electron chi connectivity index (χ1n) is 10.5. The smallest absolute Gasteiger partial charge is 0.262 e. The molecule has 174 valence electrons. The van der Waals surface area contributed by atoms with E-state index in [0.717, 1.165) is 5.56 Å². The molecule has 0 unspecified atom stereocenters. The summed E-state index contributed by atoms with van der Waals surface area (Å²) in [7, 11) is 0. The Kier molecular flexibility index (Phi) is 7.10. The third-order valence-corrected chi connectivity index (χ3v) is 5.78. The Hall–Kier alpha value is -3.48. The standard InChI is InChI=1S/C26H21Cl2NO5/c1-3-32-17-10-8-16(9-11-17)29-23(30)14-33-26-24(31)19-13-21(28)15(2)12-22(19)34-25(26)18-6-4-5-7-20(18)27/h4-13H,3,14H2,1-2H3,(H,29,30). The van der Waals surface area contributed by atoms with Crippen molar-refractivity contribution in [1.29, 1.82) is 0 Å². The fourth-order valence-electron chi connectivity index (χ4n) is 3.39. The van der Waals surface area contributed by atoms with Crippen LogP contribution in [0.1, 0.15) is 12.5 Å². The van der Waals surface area contributed by atoms with Gasteiger partial charge in [0, 0.05) is 16.3 Å². The van der Waals surface area contributed by atoms with Crippen molar-refractivity contribution in [3.05, 3.63) is 86.5 Å². The first-order chi connectivity index (χ1) is 16.4. The van der Waals surface area contributed by atoms with Crippen molar-refractivity contribution < 1.29 is 18.7 Å². The molecule has 8 heteroatoms. The molecule has 0 aliphatic carbocycles. The lowest BCUT2D eigenvalue weighted by atomic mass is 10.1. The number of fused-ring (bicyclic) bond motifs is 1. The molecule has 4 aromatic rings. The average Bonchev–Trinajstić information content (AvgIpc) is 2.81. The van der Waals surface area contributed by atoms with Gasteiger partial charge in [-0.1, -0.05) is 35.3 Å². The number of aryl methyl sites for hydroxylation is 1. The number of amides is 1. The maximum absolute atomic E-state index is 13.3. The molecule has 0 radical (unpaired) electrons. The van der Waals surface area contributed by atoms with Gasteiger partial charge < -0.3 is 19.2 Å². The predicted molar refractivity (Wildman–Crippen MR) is 134 cm³/mol. The van der Waals surface area contributed by atoms with Crippen molar-refractivity contribution in [3.63, 3.8) is 0 Å². The van der Waals surface area contributed by atoms with E-state index < -0.39 is 17.9 Å². The van der Waals surface area contributed by atoms with Crippen molar-refractivity contribution in [1.82, 2.24) is 0 Å². The molecular weight excluding hydrogens is 477 g/mol. The monoisotopic (exact) mass is 497 g/mol. The third kappa shape index (κ3) is 5.03. The number of hydrogen-bond donors (Lipinski definition) is 1. The molecule has 0 fully saturated rings. The summed E-state index contributed by atoms with van der Waals surface area (Å²) in [5.41, 5.74) is 1.68. The Labute approximate surface area is 206 Å². The number of carbonyl (C=O) groups excluding carboxylic acids is 1. The molecule has 0 saturated carbocycles. The number of nitrogens with one attached hydrogen (secondary N) is 1. The van der Waals surface area contributed by atoms with E-state index in [2.05, 4.69) is 5.32 Å². The molecular formula is C26H21Cl2NO5. The van der Waals surface area contributed by atoms with E-state index in [4.69, 9.17) is 37.1 Å². The van der Waals surface area contributed by atoms with Gasteiger partial charge in [0.1, 0.15) is 11.3 Å². The van der Waals surface area contributed by atoms with Gasteiger partial charge in [-0.25, -0.2) is 0 Å². The molecule has 0 aliphatic rings. The van der Waals surface area contributed by atoms with Crippen molar-refractivity contribution >= 4 is 45.8 Å². The highest BCUT2D eigenvalue weighted by molar-refractivity contribution is 6.33. The molecule has 1 amide bonds. The van der Waals surface area contributed by atoms with Gasteiger partial charge in [0.2, 0.25) is 11.2 Å². The second-order valence-electron chi connectivity index (χ2n) is 7.46. The van der Waals surface area contributed by atoms with Crippen LogP contribution >= 0.6 is 23.2 Å². The van der Waals surface area contributed by atoms with Gasteiger partial charge in [0.05, 0.1) is 17.0 Å². The molecule has 0 atom stereocenters. The molecule has 0 aliphatic heterocycles. The SMILES string of the molecule is CCOc1ccc(NC(=O)COc2c(-c3ccccc3Cl)oc3cc(C)c(Cl)cc3c2=O)cc1. The van der Waals surface area contributed by atoms with Gasteiger partial charge in [-0.3, -0.25) is 9.59 Å². The van der Waals surface area contributed by atoms with Gasteiger partial charge >= 0.3 is 0 Å². The van der Waals surface area contributed by atoms with Crippen molar-refractivity contribution in [2.45, 2.75) is 13.8 Å². The van der Waals surface area contributed by atoms with Gasteiger partial charge in [0.25, 0.3) is 5.91 Å². The highest BCUT2D eigenvalue weighted by atomic mass is 35.5. The molecule has 0 bridgehead atoms. The zero-order valence-corrected chi connectivity index (χ0v) is 20.0. The largest absolute Gasteiger partial charge is 0.494 e. The van der Waals surface area contributed by atoms with Gasteiger partial charge in [-0.15, -0.1) is 0 Å². The molecule has 1 N–H and O–H groups in total. The normalized spacial score (nSPS) is 10.8. The van der Waals surface area contributed by atoms with E-state index >= 15 is 0 Å². The highest BCUT2D eigenvalue weighted by Gasteiger charge is 2.21. The minimum atomic E-state index is -0.452. The van der Waals surface area contributed by atoms with E-state index in [1.54, 1.807) is 54.6 Å². The minimum absolute atomic E-state index is 0.123. The highest BCUT2D eigenvalue weighted by Crippen LogP contribution is 2.36. The Morgan fingerprint density at radius 3 is 2.44 bits per heavy atom. The zero-order chi connectivity index (χ0) is 24.2. The summed E-state index contributed by atoms with van der Waals surface area (Å²) in [5.74, 6) is 0.264. The first-order valence-corrected chi connectivity index (χ1v) is 11.3. The molecule has 34 heavy (non-hydrogen) atoms. The second-order valence-corrected chi connectivity index (χ2v) is 8.28. The van der Waals surface area contributed by atoms with E-state index in [9.17, 15) is 9.59 Å². The average molecular weight is 498 g/mol. The first kappa shape index (κ1) is 23.7. The molecule has 0 saturated heterocycles. The predicted octanol–water partition coefficient (Wildman–Crippen LogP) is 6.49. The van der Waals surface area contributed by atoms with Crippen LogP contribution < -0.4 is 20.2 Å². The lowest BCUT2D eigenvalue weighted by Crippen LogP contribution is -2.22. The van der Waals surface area contributed by atoms with Crippen LogP contribution in [-0.2, 0) is 4.79 Å². The number of halogens is 2. The number of carbonyl (C=O) groups is 1. The Morgan fingerprint density at radius 2 is 1.74 bits per heavy atom. The maximum Gasteiger partial charge on any atom is 0.262 e. The van der Waals surface area contributed by atoms with Crippen LogP contribution in [0.4, 0.5) is 5.69 Å². The number of anilines is 1. The molecule has 4 rings (SSSR count). The van der Waals surface area contributed by atoms with E-state index in [1.165, 1.54) is 6.07 Å². The molecule has 6 nitrogen and oxygen atoms in total. The number of benzene rings is 3. The zero-order valence-electron chi connectivity index (χ0n) is 18.5. The molecule has 0 spiro atoms. The number of rotatable bonds is 7. The van der Waals surface area contributed by atoms with Crippen molar-refractivity contribution in [2.24, 2.45) is 0 Å². The van der Waals surface area contributed by atoms with Gasteiger partial charge in [0.15, 0.2) is 12.4 Å². The number of hydrogen-bond acceptors (Lipinski definition) is 5. The fourth-order valence-corrected chi connectivity index (χ4v) is 3.77. The van der Waals surface area contributed by atoms with Crippen LogP contribution in [-0.4, -0.2) is 19.1 Å². The fraction of sp³-hybridized carbons (Fsp3) is 0.154. The summed E-state index contributed by atoms with van der Waals surface area (Å²) in [4.78, 5) is 25.9. The van der Waals surface area contributed by atoms with Crippen LogP contribution in [0.2, 0.25) is 10.0 Å². The minimum Gasteiger partial charge on any atom is -0.494 e. The topological polar surface area (TPSA) is 77.8 Å². The Bertz CT molecular complexity index is 1410. The maximum atomic E-state index is 13.3. The second kappa shape index (κ2) is 10.2. The molecule has 1 aromatic heterocycles. The number of ether oxygens (including phenoxy) is 2. The van der Waals surface area contributed by atoms with E-state index in [-0.39, 0.29) is 16.9 Å². The summed E-state index contributed by atoms with van der Waals surface area (Å²) >= 11 is 12.6. The summed E-state index contributed by atoms with van der Waals surface area (Å²) in [5, 5.41) is 3.77. The molecule has 3 aromatic carbocycles. The van der Waals surface area contributed by atoms with Crippen molar-refractivity contribution in [3.8, 4) is 22.8 Å². The third-order valence-electron chi connectivity index (χ3n) is 5.05. The quantitative estimate of drug-likeness (QED) is 0.315. The van der Waals surface area contributed by atoms with Crippen LogP contribution in [0.3, 0.4) is 0 Å². The lowest BCUT2D eigenvalue weighted by Gasteiger charge is -2.13. The van der Waals surface area contributed by atoms with Crippen LogP contribution in [0.25, 0.3) is 22.3 Å². The van der Waals surface area contributed by atoms with Crippen molar-refractivity contribution in [2.75, 3.05) is 18.5 Å². The molecule has 1 heterocycles. The summed E-state index contributed by atoms with van der Waals surface area (Å²) in [6.45, 7) is 3.84. The summed E-state index contributed by atoms with van der Waals surface area (Å²) in [6.07, 6.45) is 0. The Balaban J connectivity index is 1.66. The lowest BCUT2D eigenvalue weighted by molar-refractivity contribution is -0.118. The van der Waals surface area contributed by atoms with E-state index in [1.807, 2.05) is 13.8 Å². The van der Waals surface area contributed by atoms with E-state index in [0.29, 0.717) is 39.2 Å². The Morgan fingerprint density at radius 1 is 1.00 bits per heavy atom.